The average Bonchev–Trinajstić information content (AvgIpc) is 2.49. The minimum Gasteiger partial charge on any atom is -0.385 e. The molecule has 0 heterocycles. The van der Waals surface area contributed by atoms with Crippen molar-refractivity contribution >= 4 is 0 Å². The Balaban J connectivity index is 2.22. The molecule has 2 aromatic rings. The van der Waals surface area contributed by atoms with Crippen LogP contribution in [-0.4, -0.2) is 12.2 Å². The molecule has 0 fully saturated rings. The Kier molecular flexibility index (Phi) is 4.72. The molecule has 0 aliphatic carbocycles. The number of benzene rings is 2. The Labute approximate surface area is 114 Å². The molecular formula is C17H20O2. The predicted octanol–water partition coefficient (Wildman–Crippen LogP) is 3.67. The van der Waals surface area contributed by atoms with E-state index in [1.54, 1.807) is 7.11 Å². The zero-order valence-corrected chi connectivity index (χ0v) is 11.4. The lowest BCUT2D eigenvalue weighted by molar-refractivity contribution is -0.0149. The average molecular weight is 256 g/mol. The number of methoxy groups -OCH3 is 1. The lowest BCUT2D eigenvalue weighted by atomic mass is 9.97. The number of aliphatic hydroxyl groups is 1. The molecule has 2 aromatic carbocycles. The van der Waals surface area contributed by atoms with Gasteiger partial charge in [-0.15, -0.1) is 0 Å². The smallest absolute Gasteiger partial charge is 0.112 e. The molecule has 0 spiro atoms. The number of ether oxygens (including phenoxy) is 1. The van der Waals surface area contributed by atoms with Crippen LogP contribution in [0.15, 0.2) is 54.6 Å². The first-order chi connectivity index (χ1) is 9.26. The molecule has 0 saturated heterocycles. The van der Waals surface area contributed by atoms with E-state index in [-0.39, 0.29) is 6.10 Å². The Bertz CT molecular complexity index is 490. The summed E-state index contributed by atoms with van der Waals surface area (Å²) in [6.45, 7) is 2.12. The Hall–Kier alpha value is -1.64. The van der Waals surface area contributed by atoms with E-state index >= 15 is 0 Å². The molecule has 2 unspecified atom stereocenters. The summed E-state index contributed by atoms with van der Waals surface area (Å²) in [5.74, 6) is 0. The lowest BCUT2D eigenvalue weighted by Gasteiger charge is -2.22. The summed E-state index contributed by atoms with van der Waals surface area (Å²) in [6, 6.07) is 17.8. The van der Waals surface area contributed by atoms with Crippen molar-refractivity contribution in [2.45, 2.75) is 25.6 Å². The maximum Gasteiger partial charge on any atom is 0.112 e. The van der Waals surface area contributed by atoms with Crippen LogP contribution in [0.25, 0.3) is 0 Å². The van der Waals surface area contributed by atoms with E-state index < -0.39 is 6.10 Å². The highest BCUT2D eigenvalue weighted by Crippen LogP contribution is 2.31. The van der Waals surface area contributed by atoms with Crippen molar-refractivity contribution in [1.82, 2.24) is 0 Å². The minimum atomic E-state index is -0.654. The molecule has 2 atom stereocenters. The van der Waals surface area contributed by atoms with Gasteiger partial charge in [-0.25, -0.2) is 0 Å². The molecule has 0 aliphatic heterocycles. The molecule has 0 bridgehead atoms. The molecule has 2 nitrogen and oxygen atoms in total. The fourth-order valence-electron chi connectivity index (χ4n) is 2.22. The number of aliphatic hydroxyl groups excluding tert-OH is 1. The molecule has 2 heteroatoms. The monoisotopic (exact) mass is 256 g/mol. The van der Waals surface area contributed by atoms with Crippen molar-refractivity contribution in [1.29, 1.82) is 0 Å². The number of rotatable bonds is 5. The van der Waals surface area contributed by atoms with Gasteiger partial charge in [0.25, 0.3) is 0 Å². The fraction of sp³-hybridized carbons (Fsp3) is 0.294. The summed E-state index contributed by atoms with van der Waals surface area (Å²) in [5, 5.41) is 10.5. The van der Waals surface area contributed by atoms with Crippen LogP contribution in [0, 0.1) is 0 Å². The van der Waals surface area contributed by atoms with Crippen molar-refractivity contribution in [3.8, 4) is 0 Å². The van der Waals surface area contributed by atoms with E-state index in [0.717, 1.165) is 17.5 Å². The highest BCUT2D eigenvalue weighted by atomic mass is 16.5. The topological polar surface area (TPSA) is 29.5 Å². The van der Waals surface area contributed by atoms with Gasteiger partial charge in [0.05, 0.1) is 0 Å². The third kappa shape index (κ3) is 3.22. The van der Waals surface area contributed by atoms with Gasteiger partial charge in [-0.1, -0.05) is 61.5 Å². The van der Waals surface area contributed by atoms with E-state index in [1.165, 1.54) is 5.56 Å². The van der Waals surface area contributed by atoms with E-state index in [0.29, 0.717) is 0 Å². The van der Waals surface area contributed by atoms with E-state index in [1.807, 2.05) is 42.5 Å². The van der Waals surface area contributed by atoms with Gasteiger partial charge >= 0.3 is 0 Å². The van der Waals surface area contributed by atoms with Crippen molar-refractivity contribution < 1.29 is 9.84 Å². The van der Waals surface area contributed by atoms with Crippen molar-refractivity contribution in [3.05, 3.63) is 71.3 Å². The van der Waals surface area contributed by atoms with Crippen LogP contribution in [-0.2, 0) is 11.2 Å². The van der Waals surface area contributed by atoms with E-state index in [4.69, 9.17) is 4.74 Å². The van der Waals surface area contributed by atoms with Crippen LogP contribution >= 0.6 is 0 Å². The maximum atomic E-state index is 10.5. The Morgan fingerprint density at radius 2 is 1.58 bits per heavy atom. The second-order valence-electron chi connectivity index (χ2n) is 4.61. The highest BCUT2D eigenvalue weighted by Gasteiger charge is 2.22. The molecule has 0 radical (unpaired) electrons. The third-order valence-corrected chi connectivity index (χ3v) is 3.40. The van der Waals surface area contributed by atoms with Crippen LogP contribution in [0.5, 0.6) is 0 Å². The van der Waals surface area contributed by atoms with Crippen molar-refractivity contribution in [3.63, 3.8) is 0 Å². The Morgan fingerprint density at radius 3 is 2.11 bits per heavy atom. The first kappa shape index (κ1) is 13.8. The zero-order chi connectivity index (χ0) is 13.7. The summed E-state index contributed by atoms with van der Waals surface area (Å²) in [7, 11) is 1.63. The first-order valence-corrected chi connectivity index (χ1v) is 6.61. The number of aryl methyl sites for hydroxylation is 1. The summed E-state index contributed by atoms with van der Waals surface area (Å²) in [4.78, 5) is 0. The van der Waals surface area contributed by atoms with E-state index in [2.05, 4.69) is 19.1 Å². The molecular weight excluding hydrogens is 236 g/mol. The van der Waals surface area contributed by atoms with Gasteiger partial charge in [0.15, 0.2) is 0 Å². The van der Waals surface area contributed by atoms with Crippen LogP contribution in [0.3, 0.4) is 0 Å². The fourth-order valence-corrected chi connectivity index (χ4v) is 2.22. The number of hydrogen-bond acceptors (Lipinski definition) is 2. The summed E-state index contributed by atoms with van der Waals surface area (Å²) in [6.07, 6.45) is 0.00921. The first-order valence-electron chi connectivity index (χ1n) is 6.61. The summed E-state index contributed by atoms with van der Waals surface area (Å²) >= 11 is 0. The maximum absolute atomic E-state index is 10.5. The normalized spacial score (nSPS) is 14.1. The van der Waals surface area contributed by atoms with E-state index in [9.17, 15) is 5.11 Å². The molecule has 0 aliphatic rings. The van der Waals surface area contributed by atoms with Gasteiger partial charge in [-0.3, -0.25) is 0 Å². The standard InChI is InChI=1S/C17H20O2/c1-3-13-9-11-14(12-10-13)16(18)17(19-2)15-7-5-4-6-8-15/h4-12,16-18H,3H2,1-2H3. The Morgan fingerprint density at radius 1 is 0.947 bits per heavy atom. The molecule has 0 aromatic heterocycles. The zero-order valence-electron chi connectivity index (χ0n) is 11.4. The van der Waals surface area contributed by atoms with Gasteiger partial charge in [-0.2, -0.15) is 0 Å². The van der Waals surface area contributed by atoms with Crippen LogP contribution < -0.4 is 0 Å². The molecule has 0 saturated carbocycles. The molecule has 2 rings (SSSR count). The van der Waals surface area contributed by atoms with Crippen LogP contribution in [0.2, 0.25) is 0 Å². The summed E-state index contributed by atoms with van der Waals surface area (Å²) < 4.78 is 5.46. The minimum absolute atomic E-state index is 0.339. The second kappa shape index (κ2) is 6.50. The predicted molar refractivity (Wildman–Crippen MR) is 77.0 cm³/mol. The second-order valence-corrected chi connectivity index (χ2v) is 4.61. The largest absolute Gasteiger partial charge is 0.385 e. The highest BCUT2D eigenvalue weighted by molar-refractivity contribution is 5.28. The van der Waals surface area contributed by atoms with Gasteiger partial charge < -0.3 is 9.84 Å². The van der Waals surface area contributed by atoms with Gasteiger partial charge in [0.1, 0.15) is 12.2 Å². The molecule has 1 N–H and O–H groups in total. The quantitative estimate of drug-likeness (QED) is 0.884. The van der Waals surface area contributed by atoms with Crippen molar-refractivity contribution in [2.24, 2.45) is 0 Å². The number of hydrogen-bond donors (Lipinski definition) is 1. The van der Waals surface area contributed by atoms with Crippen LogP contribution in [0.1, 0.15) is 35.8 Å². The molecule has 100 valence electrons. The third-order valence-electron chi connectivity index (χ3n) is 3.40. The van der Waals surface area contributed by atoms with Crippen LogP contribution in [0.4, 0.5) is 0 Å². The van der Waals surface area contributed by atoms with Crippen molar-refractivity contribution in [2.75, 3.05) is 7.11 Å². The molecule has 0 amide bonds. The SMILES string of the molecule is CCc1ccc(C(O)C(OC)c2ccccc2)cc1. The summed E-state index contributed by atoms with van der Waals surface area (Å²) in [5.41, 5.74) is 3.13. The van der Waals surface area contributed by atoms with Gasteiger partial charge in [-0.05, 0) is 23.1 Å². The molecule has 19 heavy (non-hydrogen) atoms. The lowest BCUT2D eigenvalue weighted by Crippen LogP contribution is -2.12. The van der Waals surface area contributed by atoms with Gasteiger partial charge in [0, 0.05) is 7.11 Å². The van der Waals surface area contributed by atoms with Gasteiger partial charge in [0.2, 0.25) is 0 Å².